The lowest BCUT2D eigenvalue weighted by molar-refractivity contribution is -0.132. The Hall–Kier alpha value is -0.220. The molecule has 0 saturated carbocycles. The molecule has 1 saturated heterocycles. The van der Waals surface area contributed by atoms with Crippen LogP contribution in [-0.2, 0) is 4.79 Å². The molecule has 1 N–H and O–H groups in total. The van der Waals surface area contributed by atoms with Gasteiger partial charge in [-0.1, -0.05) is 34.6 Å². The molecule has 106 valence electrons. The molecule has 3 nitrogen and oxygen atoms in total. The van der Waals surface area contributed by atoms with E-state index in [1.54, 1.807) is 11.8 Å². The van der Waals surface area contributed by atoms with Crippen LogP contribution in [0.1, 0.15) is 47.5 Å². The molecule has 2 atom stereocenters. The number of nitrogens with zero attached hydrogens (tertiary/aromatic N) is 1. The highest BCUT2D eigenvalue weighted by Crippen LogP contribution is 2.24. The van der Waals surface area contributed by atoms with Crippen molar-refractivity contribution in [2.45, 2.75) is 64.3 Å². The van der Waals surface area contributed by atoms with E-state index in [-0.39, 0.29) is 4.75 Å². The Morgan fingerprint density at radius 2 is 2.00 bits per heavy atom. The first-order valence-electron chi connectivity index (χ1n) is 7.04. The summed E-state index contributed by atoms with van der Waals surface area (Å²) < 4.78 is 0.162. The summed E-state index contributed by atoms with van der Waals surface area (Å²) in [5, 5.41) is 3.53. The summed E-state index contributed by atoms with van der Waals surface area (Å²) in [5.74, 6) is 0.915. The van der Waals surface area contributed by atoms with Crippen LogP contribution in [0.25, 0.3) is 0 Å². The molecule has 0 aromatic heterocycles. The van der Waals surface area contributed by atoms with Crippen LogP contribution in [0, 0.1) is 0 Å². The van der Waals surface area contributed by atoms with Crippen LogP contribution < -0.4 is 5.32 Å². The molecular weight excluding hydrogens is 244 g/mol. The second-order valence-corrected chi connectivity index (χ2v) is 7.82. The van der Waals surface area contributed by atoms with Crippen molar-refractivity contribution in [3.63, 3.8) is 0 Å². The summed E-state index contributed by atoms with van der Waals surface area (Å²) in [4.78, 5) is 14.5. The average Bonchev–Trinajstić information content (AvgIpc) is 2.34. The minimum atomic E-state index is 0.162. The summed E-state index contributed by atoms with van der Waals surface area (Å²) in [7, 11) is 0. The number of carbonyl (C=O) groups is 1. The van der Waals surface area contributed by atoms with Crippen LogP contribution in [0.4, 0.5) is 0 Å². The number of hydrogen-bond donors (Lipinski definition) is 1. The van der Waals surface area contributed by atoms with Crippen LogP contribution in [0.2, 0.25) is 0 Å². The number of nitrogens with one attached hydrogen (secondary N) is 1. The van der Waals surface area contributed by atoms with E-state index in [2.05, 4.69) is 44.8 Å². The van der Waals surface area contributed by atoms with Crippen molar-refractivity contribution < 1.29 is 4.79 Å². The summed E-state index contributed by atoms with van der Waals surface area (Å²) in [6.07, 6.45) is 2.13. The number of piperazine rings is 1. The van der Waals surface area contributed by atoms with Gasteiger partial charge in [-0.05, 0) is 12.8 Å². The van der Waals surface area contributed by atoms with Crippen LogP contribution in [0.15, 0.2) is 0 Å². The maximum atomic E-state index is 12.4. The lowest BCUT2D eigenvalue weighted by atomic mass is 10.1. The minimum absolute atomic E-state index is 0.162. The highest BCUT2D eigenvalue weighted by Gasteiger charge is 2.29. The molecule has 0 bridgehead atoms. The molecule has 0 aliphatic carbocycles. The van der Waals surface area contributed by atoms with Crippen LogP contribution in [0.3, 0.4) is 0 Å². The Morgan fingerprint density at radius 3 is 2.50 bits per heavy atom. The Morgan fingerprint density at radius 1 is 1.33 bits per heavy atom. The van der Waals surface area contributed by atoms with E-state index in [1.807, 2.05) is 0 Å². The molecule has 4 heteroatoms. The number of thioether (sulfide) groups is 1. The highest BCUT2D eigenvalue weighted by molar-refractivity contribution is 8.01. The van der Waals surface area contributed by atoms with Crippen molar-refractivity contribution in [1.29, 1.82) is 0 Å². The van der Waals surface area contributed by atoms with E-state index in [0.29, 0.717) is 23.7 Å². The largest absolute Gasteiger partial charge is 0.336 e. The molecule has 0 spiro atoms. The molecule has 0 aromatic carbocycles. The zero-order valence-electron chi connectivity index (χ0n) is 12.5. The fourth-order valence-electron chi connectivity index (χ4n) is 2.17. The van der Waals surface area contributed by atoms with Crippen molar-refractivity contribution in [3.8, 4) is 0 Å². The summed E-state index contributed by atoms with van der Waals surface area (Å²) in [6.45, 7) is 12.6. The lowest BCUT2D eigenvalue weighted by Crippen LogP contribution is -2.58. The maximum Gasteiger partial charge on any atom is 0.232 e. The topological polar surface area (TPSA) is 32.3 Å². The second-order valence-electron chi connectivity index (χ2n) is 6.02. The number of amides is 1. The van der Waals surface area contributed by atoms with Gasteiger partial charge in [-0.25, -0.2) is 0 Å². The molecule has 1 fully saturated rings. The second kappa shape index (κ2) is 6.80. The van der Waals surface area contributed by atoms with Gasteiger partial charge in [0.05, 0.1) is 5.75 Å². The van der Waals surface area contributed by atoms with E-state index < -0.39 is 0 Å². The first-order valence-corrected chi connectivity index (χ1v) is 8.02. The number of rotatable bonds is 4. The third-order valence-corrected chi connectivity index (χ3v) is 4.67. The molecule has 0 radical (unpaired) electrons. The van der Waals surface area contributed by atoms with Gasteiger partial charge in [0.25, 0.3) is 0 Å². The summed E-state index contributed by atoms with van der Waals surface area (Å²) in [5.41, 5.74) is 0. The van der Waals surface area contributed by atoms with Gasteiger partial charge in [0.1, 0.15) is 0 Å². The van der Waals surface area contributed by atoms with E-state index in [9.17, 15) is 4.79 Å². The van der Waals surface area contributed by atoms with Crippen molar-refractivity contribution in [3.05, 3.63) is 0 Å². The molecule has 1 amide bonds. The average molecular weight is 272 g/mol. The smallest absolute Gasteiger partial charge is 0.232 e. The van der Waals surface area contributed by atoms with Crippen molar-refractivity contribution >= 4 is 17.7 Å². The normalized spacial score (nSPS) is 25.3. The lowest BCUT2D eigenvalue weighted by Gasteiger charge is -2.40. The maximum absolute atomic E-state index is 12.4. The molecule has 2 unspecified atom stereocenters. The van der Waals surface area contributed by atoms with Gasteiger partial charge in [0, 0.05) is 29.9 Å². The SMILES string of the molecule is CCC1CN(C(=O)CSC(C)(C)C)C(CC)CN1. The van der Waals surface area contributed by atoms with E-state index in [0.717, 1.165) is 25.9 Å². The van der Waals surface area contributed by atoms with Crippen LogP contribution in [0.5, 0.6) is 0 Å². The van der Waals surface area contributed by atoms with Crippen molar-refractivity contribution in [2.75, 3.05) is 18.8 Å². The van der Waals surface area contributed by atoms with Gasteiger partial charge < -0.3 is 10.2 Å². The molecule has 1 rings (SSSR count). The van der Waals surface area contributed by atoms with Gasteiger partial charge in [-0.2, -0.15) is 0 Å². The first-order chi connectivity index (χ1) is 8.37. The van der Waals surface area contributed by atoms with Gasteiger partial charge >= 0.3 is 0 Å². The third-order valence-electron chi connectivity index (χ3n) is 3.41. The van der Waals surface area contributed by atoms with Gasteiger partial charge in [-0.3, -0.25) is 4.79 Å². The quantitative estimate of drug-likeness (QED) is 0.853. The first kappa shape index (κ1) is 15.8. The van der Waals surface area contributed by atoms with Gasteiger partial charge in [-0.15, -0.1) is 11.8 Å². The van der Waals surface area contributed by atoms with Crippen LogP contribution >= 0.6 is 11.8 Å². The molecule has 1 aliphatic heterocycles. The Bertz CT molecular complexity index is 275. The Labute approximate surface area is 116 Å². The molecule has 0 aromatic rings. The van der Waals surface area contributed by atoms with Crippen LogP contribution in [-0.4, -0.2) is 46.5 Å². The number of hydrogen-bond acceptors (Lipinski definition) is 3. The molecule has 1 heterocycles. The zero-order chi connectivity index (χ0) is 13.8. The monoisotopic (exact) mass is 272 g/mol. The van der Waals surface area contributed by atoms with Crippen molar-refractivity contribution in [2.24, 2.45) is 0 Å². The van der Waals surface area contributed by atoms with E-state index in [4.69, 9.17) is 0 Å². The zero-order valence-corrected chi connectivity index (χ0v) is 13.3. The minimum Gasteiger partial charge on any atom is -0.336 e. The standard InChI is InChI=1S/C14H28N2OS/c1-6-11-9-16(12(7-2)8-15-11)13(17)10-18-14(3,4)5/h11-12,15H,6-10H2,1-5H3. The number of carbonyl (C=O) groups excluding carboxylic acids is 1. The van der Waals surface area contributed by atoms with Gasteiger partial charge in [0.15, 0.2) is 0 Å². The molecule has 1 aliphatic rings. The highest BCUT2D eigenvalue weighted by atomic mass is 32.2. The fraction of sp³-hybridized carbons (Fsp3) is 0.929. The van der Waals surface area contributed by atoms with Gasteiger partial charge in [0.2, 0.25) is 5.91 Å². The van der Waals surface area contributed by atoms with E-state index in [1.165, 1.54) is 0 Å². The fourth-order valence-corrected chi connectivity index (χ4v) is 2.89. The predicted molar refractivity (Wildman–Crippen MR) is 80.1 cm³/mol. The molecule has 18 heavy (non-hydrogen) atoms. The Balaban J connectivity index is 2.56. The predicted octanol–water partition coefficient (Wildman–Crippen LogP) is 2.51. The Kier molecular flexibility index (Phi) is 5.99. The molecular formula is C14H28N2OS. The van der Waals surface area contributed by atoms with Crippen molar-refractivity contribution in [1.82, 2.24) is 10.2 Å². The summed E-state index contributed by atoms with van der Waals surface area (Å²) >= 11 is 1.75. The van der Waals surface area contributed by atoms with E-state index >= 15 is 0 Å². The third kappa shape index (κ3) is 4.81. The summed E-state index contributed by atoms with van der Waals surface area (Å²) in [6, 6.07) is 0.845.